The smallest absolute Gasteiger partial charge is 0.124 e. The van der Waals surface area contributed by atoms with Crippen LogP contribution in [0.1, 0.15) is 42.6 Å². The summed E-state index contributed by atoms with van der Waals surface area (Å²) >= 11 is 0. The van der Waals surface area contributed by atoms with Gasteiger partial charge < -0.3 is 14.8 Å². The summed E-state index contributed by atoms with van der Waals surface area (Å²) in [5.74, 6) is 0.859. The molecule has 0 saturated heterocycles. The number of nitrogens with zero attached hydrogens (tertiary/aromatic N) is 2. The highest BCUT2D eigenvalue weighted by atomic mass is 16.5. The molecule has 0 saturated carbocycles. The Labute approximate surface area is 132 Å². The van der Waals surface area contributed by atoms with E-state index in [0.717, 1.165) is 11.3 Å². The van der Waals surface area contributed by atoms with Crippen molar-refractivity contribution in [2.75, 3.05) is 14.2 Å². The molecule has 5 heteroatoms. The predicted octanol–water partition coefficient (Wildman–Crippen LogP) is 2.99. The lowest BCUT2D eigenvalue weighted by atomic mass is 10.0. The van der Waals surface area contributed by atoms with Crippen LogP contribution in [0.25, 0.3) is 0 Å². The minimum Gasteiger partial charge on any atom is -0.496 e. The summed E-state index contributed by atoms with van der Waals surface area (Å²) in [6.45, 7) is 4.85. The highest BCUT2D eigenvalue weighted by Gasteiger charge is 2.14. The minimum absolute atomic E-state index is 0.219. The maximum Gasteiger partial charge on any atom is 0.124 e. The molecule has 0 aliphatic carbocycles. The molecular weight excluding hydrogens is 278 g/mol. The van der Waals surface area contributed by atoms with Crippen LogP contribution in [0.5, 0.6) is 5.75 Å². The largest absolute Gasteiger partial charge is 0.496 e. The van der Waals surface area contributed by atoms with Gasteiger partial charge in [0.1, 0.15) is 5.75 Å². The molecule has 1 aromatic carbocycles. The van der Waals surface area contributed by atoms with Crippen molar-refractivity contribution in [3.63, 3.8) is 0 Å². The van der Waals surface area contributed by atoms with Gasteiger partial charge in [0, 0.05) is 43.6 Å². The number of hydrogen-bond donors (Lipinski definition) is 1. The summed E-state index contributed by atoms with van der Waals surface area (Å²) in [6.07, 6.45) is 3.93. The van der Waals surface area contributed by atoms with Crippen LogP contribution in [0.4, 0.5) is 0 Å². The normalized spacial score (nSPS) is 13.9. The Morgan fingerprint density at radius 3 is 2.50 bits per heavy atom. The van der Waals surface area contributed by atoms with Crippen LogP contribution in [-0.2, 0) is 18.4 Å². The van der Waals surface area contributed by atoms with Crippen LogP contribution in [0.3, 0.4) is 0 Å². The first-order valence-electron chi connectivity index (χ1n) is 7.45. The quantitative estimate of drug-likeness (QED) is 0.854. The Balaban J connectivity index is 2.11. The number of rotatable bonds is 7. The summed E-state index contributed by atoms with van der Waals surface area (Å²) in [6, 6.07) is 6.67. The monoisotopic (exact) mass is 303 g/mol. The van der Waals surface area contributed by atoms with Gasteiger partial charge in [-0.3, -0.25) is 4.68 Å². The Hall–Kier alpha value is -1.85. The first kappa shape index (κ1) is 16.5. The van der Waals surface area contributed by atoms with E-state index in [9.17, 15) is 0 Å². The SMILES string of the molecule is COCc1cc([C@@H](C)N[C@H](C)c2cnn(C)c2)ccc1OC. The Bertz CT molecular complexity index is 610. The highest BCUT2D eigenvalue weighted by molar-refractivity contribution is 5.38. The standard InChI is InChI=1S/C17H25N3O2/c1-12(19-13(2)16-9-18-20(3)10-16)14-6-7-17(22-5)15(8-14)11-21-4/h6-10,12-13,19H,11H2,1-5H3/t12-,13-/m1/s1. The fraction of sp³-hybridized carbons (Fsp3) is 0.471. The van der Waals surface area contributed by atoms with E-state index in [0.29, 0.717) is 6.61 Å². The van der Waals surface area contributed by atoms with Crippen LogP contribution < -0.4 is 10.1 Å². The van der Waals surface area contributed by atoms with Crippen LogP contribution >= 0.6 is 0 Å². The van der Waals surface area contributed by atoms with Gasteiger partial charge in [0.15, 0.2) is 0 Å². The predicted molar refractivity (Wildman–Crippen MR) is 86.9 cm³/mol. The van der Waals surface area contributed by atoms with E-state index in [1.54, 1.807) is 14.2 Å². The first-order chi connectivity index (χ1) is 10.5. The maximum absolute atomic E-state index is 5.37. The highest BCUT2D eigenvalue weighted by Crippen LogP contribution is 2.25. The average molecular weight is 303 g/mol. The second-order valence-corrected chi connectivity index (χ2v) is 5.56. The summed E-state index contributed by atoms with van der Waals surface area (Å²) in [5.41, 5.74) is 3.45. The molecule has 2 atom stereocenters. The van der Waals surface area contributed by atoms with E-state index >= 15 is 0 Å². The molecule has 0 amide bonds. The molecule has 0 radical (unpaired) electrons. The van der Waals surface area contributed by atoms with Crippen molar-refractivity contribution in [2.24, 2.45) is 7.05 Å². The molecule has 0 spiro atoms. The Kier molecular flexibility index (Phi) is 5.57. The van der Waals surface area contributed by atoms with Crippen molar-refractivity contribution < 1.29 is 9.47 Å². The van der Waals surface area contributed by atoms with E-state index in [1.165, 1.54) is 11.1 Å². The van der Waals surface area contributed by atoms with Crippen LogP contribution in [0.15, 0.2) is 30.6 Å². The number of benzene rings is 1. The number of aryl methyl sites for hydroxylation is 1. The second-order valence-electron chi connectivity index (χ2n) is 5.56. The molecule has 0 aliphatic heterocycles. The molecule has 2 rings (SSSR count). The van der Waals surface area contributed by atoms with E-state index in [-0.39, 0.29) is 12.1 Å². The number of aromatic nitrogens is 2. The molecule has 1 heterocycles. The average Bonchev–Trinajstić information content (AvgIpc) is 2.94. The van der Waals surface area contributed by atoms with Crippen molar-refractivity contribution in [3.8, 4) is 5.75 Å². The van der Waals surface area contributed by atoms with Gasteiger partial charge in [0.25, 0.3) is 0 Å². The molecule has 0 unspecified atom stereocenters. The third-order valence-corrected chi connectivity index (χ3v) is 3.83. The first-order valence-corrected chi connectivity index (χ1v) is 7.45. The zero-order valence-corrected chi connectivity index (χ0v) is 14.0. The van der Waals surface area contributed by atoms with E-state index < -0.39 is 0 Å². The zero-order valence-electron chi connectivity index (χ0n) is 14.0. The topological polar surface area (TPSA) is 48.3 Å². The molecule has 120 valence electrons. The summed E-state index contributed by atoms with van der Waals surface area (Å²) in [7, 11) is 5.30. The minimum atomic E-state index is 0.219. The number of ether oxygens (including phenoxy) is 2. The second kappa shape index (κ2) is 7.42. The third-order valence-electron chi connectivity index (χ3n) is 3.83. The van der Waals surface area contributed by atoms with Crippen molar-refractivity contribution in [2.45, 2.75) is 32.5 Å². The van der Waals surface area contributed by atoms with Crippen molar-refractivity contribution in [1.29, 1.82) is 0 Å². The van der Waals surface area contributed by atoms with E-state index in [4.69, 9.17) is 9.47 Å². The number of hydrogen-bond acceptors (Lipinski definition) is 4. The molecule has 0 fully saturated rings. The van der Waals surface area contributed by atoms with Gasteiger partial charge in [-0.2, -0.15) is 5.10 Å². The van der Waals surface area contributed by atoms with Crippen LogP contribution in [0, 0.1) is 0 Å². The fourth-order valence-electron chi connectivity index (χ4n) is 2.57. The molecular formula is C17H25N3O2. The molecule has 5 nitrogen and oxygen atoms in total. The van der Waals surface area contributed by atoms with E-state index in [1.807, 2.05) is 30.2 Å². The molecule has 22 heavy (non-hydrogen) atoms. The summed E-state index contributed by atoms with van der Waals surface area (Å²) in [4.78, 5) is 0. The van der Waals surface area contributed by atoms with Gasteiger partial charge in [-0.15, -0.1) is 0 Å². The lowest BCUT2D eigenvalue weighted by molar-refractivity contribution is 0.181. The fourth-order valence-corrected chi connectivity index (χ4v) is 2.57. The molecule has 2 aromatic rings. The van der Waals surface area contributed by atoms with Crippen LogP contribution in [-0.4, -0.2) is 24.0 Å². The summed E-state index contributed by atoms with van der Waals surface area (Å²) < 4.78 is 12.4. The van der Waals surface area contributed by atoms with Gasteiger partial charge in [0.05, 0.1) is 19.9 Å². The van der Waals surface area contributed by atoms with Gasteiger partial charge in [-0.05, 0) is 31.5 Å². The van der Waals surface area contributed by atoms with Gasteiger partial charge in [0.2, 0.25) is 0 Å². The van der Waals surface area contributed by atoms with E-state index in [2.05, 4.69) is 36.4 Å². The maximum atomic E-state index is 5.37. The van der Waals surface area contributed by atoms with Crippen molar-refractivity contribution in [3.05, 3.63) is 47.3 Å². The van der Waals surface area contributed by atoms with Crippen molar-refractivity contribution >= 4 is 0 Å². The molecule has 1 N–H and O–H groups in total. The van der Waals surface area contributed by atoms with Gasteiger partial charge in [-0.25, -0.2) is 0 Å². The molecule has 1 aromatic heterocycles. The van der Waals surface area contributed by atoms with Gasteiger partial charge >= 0.3 is 0 Å². The van der Waals surface area contributed by atoms with Gasteiger partial charge in [-0.1, -0.05) is 6.07 Å². The Morgan fingerprint density at radius 1 is 1.18 bits per heavy atom. The lowest BCUT2D eigenvalue weighted by Gasteiger charge is -2.21. The number of methoxy groups -OCH3 is 2. The van der Waals surface area contributed by atoms with Crippen molar-refractivity contribution in [1.82, 2.24) is 15.1 Å². The molecule has 0 bridgehead atoms. The Morgan fingerprint density at radius 2 is 1.91 bits per heavy atom. The van der Waals surface area contributed by atoms with Crippen LogP contribution in [0.2, 0.25) is 0 Å². The zero-order chi connectivity index (χ0) is 16.1. The summed E-state index contributed by atoms with van der Waals surface area (Å²) in [5, 5.41) is 7.82. The lowest BCUT2D eigenvalue weighted by Crippen LogP contribution is -2.22. The number of nitrogens with one attached hydrogen (secondary N) is 1. The molecule has 0 aliphatic rings. The third kappa shape index (κ3) is 3.87.